The van der Waals surface area contributed by atoms with Crippen LogP contribution in [-0.4, -0.2) is 53.6 Å². The lowest BCUT2D eigenvalue weighted by Gasteiger charge is -2.14. The van der Waals surface area contributed by atoms with Crippen molar-refractivity contribution in [2.75, 3.05) is 27.4 Å². The lowest BCUT2D eigenvalue weighted by molar-refractivity contribution is -0.122. The number of fused-ring (bicyclic) bond motifs is 3. The molecule has 1 unspecified atom stereocenters. The fourth-order valence-electron chi connectivity index (χ4n) is 3.82. The quantitative estimate of drug-likeness (QED) is 0.670. The van der Waals surface area contributed by atoms with Crippen LogP contribution in [0.1, 0.15) is 18.5 Å². The molecule has 9 nitrogen and oxygen atoms in total. The minimum absolute atomic E-state index is 0.0631. The Bertz CT molecular complexity index is 1130. The molecule has 9 heteroatoms. The first kappa shape index (κ1) is 19.3. The number of aryl methyl sites for hydroxylation is 1. The molecule has 1 fully saturated rings. The lowest BCUT2D eigenvalue weighted by Crippen LogP contribution is -2.35. The van der Waals surface area contributed by atoms with Crippen LogP contribution in [0.2, 0.25) is 0 Å². The Morgan fingerprint density at radius 1 is 1.28 bits per heavy atom. The number of ether oxygens (including phenoxy) is 3. The molecule has 0 aliphatic carbocycles. The van der Waals surface area contributed by atoms with Crippen LogP contribution in [0.5, 0.6) is 11.5 Å². The van der Waals surface area contributed by atoms with Crippen molar-refractivity contribution >= 4 is 22.5 Å². The summed E-state index contributed by atoms with van der Waals surface area (Å²) in [5.41, 5.74) is 1.54. The Kier molecular flexibility index (Phi) is 5.14. The molecule has 0 spiro atoms. The number of aromatic nitrogens is 3. The Labute approximate surface area is 167 Å². The zero-order valence-corrected chi connectivity index (χ0v) is 16.7. The van der Waals surface area contributed by atoms with Crippen LogP contribution in [-0.2, 0) is 16.1 Å². The molecule has 1 atom stereocenters. The largest absolute Gasteiger partial charge is 0.493 e. The van der Waals surface area contributed by atoms with Crippen molar-refractivity contribution in [1.82, 2.24) is 19.5 Å². The number of nitrogens with zero attached hydrogens (tertiary/aromatic N) is 3. The van der Waals surface area contributed by atoms with Crippen molar-refractivity contribution in [2.24, 2.45) is 0 Å². The van der Waals surface area contributed by atoms with Gasteiger partial charge in [-0.25, -0.2) is 4.52 Å². The van der Waals surface area contributed by atoms with Crippen LogP contribution in [0.25, 0.3) is 16.6 Å². The molecular formula is C20H24N4O5. The number of carbonyl (C=O) groups is 1. The topological polar surface area (TPSA) is 96.1 Å². The summed E-state index contributed by atoms with van der Waals surface area (Å²) in [5, 5.41) is 3.64. The second-order valence-corrected chi connectivity index (χ2v) is 7.09. The number of hydrogen-bond acceptors (Lipinski definition) is 6. The van der Waals surface area contributed by atoms with Gasteiger partial charge < -0.3 is 19.5 Å². The Morgan fingerprint density at radius 3 is 2.72 bits per heavy atom. The molecule has 1 amide bonds. The van der Waals surface area contributed by atoms with E-state index in [0.717, 1.165) is 25.0 Å². The van der Waals surface area contributed by atoms with E-state index in [4.69, 9.17) is 14.2 Å². The molecule has 4 rings (SSSR count). The van der Waals surface area contributed by atoms with Crippen LogP contribution in [0.15, 0.2) is 23.0 Å². The summed E-state index contributed by atoms with van der Waals surface area (Å²) in [6.07, 6.45) is 2.05. The Morgan fingerprint density at radius 2 is 2.03 bits per heavy atom. The van der Waals surface area contributed by atoms with Gasteiger partial charge in [-0.3, -0.25) is 14.3 Å². The molecule has 154 valence electrons. The van der Waals surface area contributed by atoms with E-state index in [1.54, 1.807) is 35.5 Å². The van der Waals surface area contributed by atoms with Gasteiger partial charge in [-0.05, 0) is 25.8 Å². The fraction of sp³-hybridized carbons (Fsp3) is 0.450. The summed E-state index contributed by atoms with van der Waals surface area (Å²) in [4.78, 5) is 28.9. The van der Waals surface area contributed by atoms with Gasteiger partial charge in [-0.15, -0.1) is 0 Å². The van der Waals surface area contributed by atoms with Crippen LogP contribution in [0.3, 0.4) is 0 Å². The highest BCUT2D eigenvalue weighted by Crippen LogP contribution is 2.34. The summed E-state index contributed by atoms with van der Waals surface area (Å²) in [6.45, 7) is 3.10. The molecule has 1 aromatic carbocycles. The predicted octanol–water partition coefficient (Wildman–Crippen LogP) is 1.27. The first-order valence-corrected chi connectivity index (χ1v) is 9.55. The van der Waals surface area contributed by atoms with Crippen molar-refractivity contribution in [3.63, 3.8) is 0 Å². The number of rotatable bonds is 6. The molecule has 1 N–H and O–H groups in total. The molecule has 1 aliphatic heterocycles. The third-order valence-electron chi connectivity index (χ3n) is 5.19. The van der Waals surface area contributed by atoms with Crippen LogP contribution in [0, 0.1) is 6.92 Å². The van der Waals surface area contributed by atoms with Crippen LogP contribution in [0.4, 0.5) is 0 Å². The molecule has 2 aromatic heterocycles. The van der Waals surface area contributed by atoms with E-state index in [1.807, 2.05) is 6.92 Å². The zero-order valence-electron chi connectivity index (χ0n) is 16.7. The van der Waals surface area contributed by atoms with E-state index in [1.165, 1.54) is 6.07 Å². The van der Waals surface area contributed by atoms with Gasteiger partial charge in [0.2, 0.25) is 5.91 Å². The molecule has 1 aliphatic rings. The average molecular weight is 400 g/mol. The molecule has 0 radical (unpaired) electrons. The maximum absolute atomic E-state index is 12.7. The number of nitrogens with one attached hydrogen (secondary N) is 1. The summed E-state index contributed by atoms with van der Waals surface area (Å²) in [7, 11) is 3.10. The minimum Gasteiger partial charge on any atom is -0.493 e. The fourth-order valence-corrected chi connectivity index (χ4v) is 3.82. The lowest BCUT2D eigenvalue weighted by atomic mass is 10.2. The van der Waals surface area contributed by atoms with Gasteiger partial charge in [0.25, 0.3) is 5.56 Å². The number of amides is 1. The van der Waals surface area contributed by atoms with E-state index >= 15 is 0 Å². The third-order valence-corrected chi connectivity index (χ3v) is 5.19. The first-order chi connectivity index (χ1) is 14.0. The van der Waals surface area contributed by atoms with Gasteiger partial charge in [0, 0.05) is 36.4 Å². The van der Waals surface area contributed by atoms with E-state index < -0.39 is 0 Å². The van der Waals surface area contributed by atoms with E-state index in [9.17, 15) is 9.59 Å². The normalized spacial score (nSPS) is 16.4. The van der Waals surface area contributed by atoms with Gasteiger partial charge in [0.05, 0.1) is 25.8 Å². The standard InChI is InChI=1S/C20H24N4O5/c1-12-7-18(25)22-20-14-8-16(27-2)17(28-3)9-15(14)23(24(12)20)11-19(26)21-10-13-5-4-6-29-13/h7-9,13H,4-6,10-11H2,1-3H3,(H,21,26). The number of methoxy groups -OCH3 is 2. The number of hydrogen-bond donors (Lipinski definition) is 1. The van der Waals surface area contributed by atoms with Crippen molar-refractivity contribution in [2.45, 2.75) is 32.4 Å². The highest BCUT2D eigenvalue weighted by molar-refractivity contribution is 5.96. The summed E-state index contributed by atoms with van der Waals surface area (Å²) in [5.74, 6) is 0.912. The van der Waals surface area contributed by atoms with Gasteiger partial charge in [0.1, 0.15) is 6.54 Å². The Balaban J connectivity index is 1.79. The molecular weight excluding hydrogens is 376 g/mol. The summed E-state index contributed by atoms with van der Waals surface area (Å²) in [6, 6.07) is 5.01. The average Bonchev–Trinajstić information content (AvgIpc) is 3.32. The van der Waals surface area contributed by atoms with E-state index in [-0.39, 0.29) is 24.1 Å². The van der Waals surface area contributed by atoms with Crippen molar-refractivity contribution in [3.05, 3.63) is 34.2 Å². The minimum atomic E-state index is -0.334. The molecule has 1 saturated heterocycles. The smallest absolute Gasteiger partial charge is 0.273 e. The monoisotopic (exact) mass is 400 g/mol. The van der Waals surface area contributed by atoms with Crippen molar-refractivity contribution < 1.29 is 19.0 Å². The molecule has 29 heavy (non-hydrogen) atoms. The summed E-state index contributed by atoms with van der Waals surface area (Å²) >= 11 is 0. The molecule has 3 heterocycles. The van der Waals surface area contributed by atoms with Crippen molar-refractivity contribution in [3.8, 4) is 11.5 Å². The van der Waals surface area contributed by atoms with Gasteiger partial charge >= 0.3 is 0 Å². The SMILES string of the molecule is COc1cc2c(cc1OC)n(CC(=O)NCC1CCCO1)n1c(C)cc(=O)nc21. The van der Waals surface area contributed by atoms with Gasteiger partial charge in [-0.2, -0.15) is 4.98 Å². The van der Waals surface area contributed by atoms with Crippen molar-refractivity contribution in [1.29, 1.82) is 0 Å². The third kappa shape index (κ3) is 3.53. The van der Waals surface area contributed by atoms with Crippen LogP contribution >= 0.6 is 0 Å². The predicted molar refractivity (Wildman–Crippen MR) is 107 cm³/mol. The second kappa shape index (κ2) is 7.75. The highest BCUT2D eigenvalue weighted by Gasteiger charge is 2.20. The zero-order chi connectivity index (χ0) is 20.5. The Hall–Kier alpha value is -3.07. The molecule has 0 bridgehead atoms. The van der Waals surface area contributed by atoms with E-state index in [2.05, 4.69) is 10.3 Å². The highest BCUT2D eigenvalue weighted by atomic mass is 16.5. The van der Waals surface area contributed by atoms with Crippen LogP contribution < -0.4 is 20.3 Å². The van der Waals surface area contributed by atoms with Gasteiger partial charge in [0.15, 0.2) is 17.1 Å². The molecule has 3 aromatic rings. The van der Waals surface area contributed by atoms with Gasteiger partial charge in [-0.1, -0.05) is 0 Å². The van der Waals surface area contributed by atoms with E-state index in [0.29, 0.717) is 34.8 Å². The maximum atomic E-state index is 12.7. The second-order valence-electron chi connectivity index (χ2n) is 7.09. The number of carbonyl (C=O) groups excluding carboxylic acids is 1. The number of benzene rings is 1. The maximum Gasteiger partial charge on any atom is 0.273 e. The molecule has 0 saturated carbocycles. The summed E-state index contributed by atoms with van der Waals surface area (Å²) < 4.78 is 20.0. The first-order valence-electron chi connectivity index (χ1n) is 9.55.